The van der Waals surface area contributed by atoms with Crippen LogP contribution in [0.4, 0.5) is 0 Å². The summed E-state index contributed by atoms with van der Waals surface area (Å²) in [5.74, 6) is -6.52. The van der Waals surface area contributed by atoms with Crippen LogP contribution < -0.4 is 33.2 Å². The van der Waals surface area contributed by atoms with E-state index in [1.165, 1.54) is 0 Å². The van der Waals surface area contributed by atoms with Crippen molar-refractivity contribution in [3.63, 3.8) is 0 Å². The monoisotopic (exact) mass is 488 g/mol. The quantitative estimate of drug-likeness (QED) is 0.0988. The topological polar surface area (TPSA) is 257 Å². The van der Waals surface area contributed by atoms with Gasteiger partial charge in [0.1, 0.15) is 18.1 Å². The minimum atomic E-state index is -1.68. The molecule has 0 fully saturated rings. The molecular formula is C20H36N6O8. The average molecular weight is 489 g/mol. The van der Waals surface area contributed by atoms with Crippen LogP contribution in [0.5, 0.6) is 0 Å². The van der Waals surface area contributed by atoms with Crippen LogP contribution in [0.1, 0.15) is 52.4 Å². The van der Waals surface area contributed by atoms with E-state index in [1.54, 1.807) is 0 Å². The van der Waals surface area contributed by atoms with Gasteiger partial charge in [-0.1, -0.05) is 13.8 Å². The van der Waals surface area contributed by atoms with Gasteiger partial charge in [-0.05, 0) is 38.1 Å². The van der Waals surface area contributed by atoms with Crippen LogP contribution >= 0.6 is 0 Å². The fourth-order valence-electron chi connectivity index (χ4n) is 2.98. The van der Waals surface area contributed by atoms with E-state index in [1.807, 2.05) is 13.8 Å². The molecule has 14 nitrogen and oxygen atoms in total. The van der Waals surface area contributed by atoms with Crippen LogP contribution in [-0.2, 0) is 28.8 Å². The normalized spacial score (nSPS) is 14.4. The van der Waals surface area contributed by atoms with E-state index in [4.69, 9.17) is 22.3 Å². The first-order valence-corrected chi connectivity index (χ1v) is 10.9. The Balaban J connectivity index is 5.49. The van der Waals surface area contributed by atoms with Gasteiger partial charge in [0, 0.05) is 0 Å². The van der Waals surface area contributed by atoms with Crippen LogP contribution in [0.3, 0.4) is 0 Å². The van der Waals surface area contributed by atoms with Crippen molar-refractivity contribution >= 4 is 35.6 Å². The molecule has 0 saturated carbocycles. The Morgan fingerprint density at radius 1 is 0.794 bits per heavy atom. The molecule has 0 aromatic rings. The lowest BCUT2D eigenvalue weighted by Gasteiger charge is -2.24. The van der Waals surface area contributed by atoms with Crippen LogP contribution in [-0.4, -0.2) is 76.5 Å². The third-order valence-corrected chi connectivity index (χ3v) is 4.67. The summed E-state index contributed by atoms with van der Waals surface area (Å²) in [6.07, 6.45) is -0.266. The van der Waals surface area contributed by atoms with Crippen molar-refractivity contribution in [3.05, 3.63) is 0 Å². The second kappa shape index (κ2) is 15.6. The zero-order chi connectivity index (χ0) is 26.4. The molecule has 194 valence electrons. The van der Waals surface area contributed by atoms with E-state index >= 15 is 0 Å². The number of hydrogen-bond donors (Lipinski definition) is 8. The minimum Gasteiger partial charge on any atom is -0.481 e. The number of carboxylic acids is 2. The van der Waals surface area contributed by atoms with Crippen LogP contribution in [0.15, 0.2) is 0 Å². The third kappa shape index (κ3) is 12.7. The first kappa shape index (κ1) is 30.7. The van der Waals surface area contributed by atoms with E-state index in [-0.39, 0.29) is 12.3 Å². The maximum atomic E-state index is 12.7. The summed E-state index contributed by atoms with van der Waals surface area (Å²) in [4.78, 5) is 71.6. The molecule has 0 radical (unpaired) electrons. The van der Waals surface area contributed by atoms with Crippen molar-refractivity contribution < 1.29 is 39.0 Å². The second-order valence-electron chi connectivity index (χ2n) is 8.31. The molecule has 34 heavy (non-hydrogen) atoms. The Hall–Kier alpha value is -3.26. The molecule has 14 heteroatoms. The molecule has 0 aliphatic rings. The van der Waals surface area contributed by atoms with Gasteiger partial charge in [0.15, 0.2) is 0 Å². The van der Waals surface area contributed by atoms with Crippen molar-refractivity contribution in [2.24, 2.45) is 23.1 Å². The Labute approximate surface area is 197 Å². The van der Waals surface area contributed by atoms with E-state index in [0.717, 1.165) is 0 Å². The summed E-state index contributed by atoms with van der Waals surface area (Å²) in [6, 6.07) is -5.52. The number of primary amides is 1. The lowest BCUT2D eigenvalue weighted by Crippen LogP contribution is -2.58. The van der Waals surface area contributed by atoms with Gasteiger partial charge in [-0.15, -0.1) is 0 Å². The van der Waals surface area contributed by atoms with Crippen LogP contribution in [0.25, 0.3) is 0 Å². The van der Waals surface area contributed by atoms with Gasteiger partial charge in [0.2, 0.25) is 23.6 Å². The number of rotatable bonds is 17. The van der Waals surface area contributed by atoms with Gasteiger partial charge in [-0.25, -0.2) is 4.79 Å². The zero-order valence-electron chi connectivity index (χ0n) is 19.4. The van der Waals surface area contributed by atoms with E-state index in [9.17, 15) is 33.9 Å². The third-order valence-electron chi connectivity index (χ3n) is 4.67. The predicted molar refractivity (Wildman–Crippen MR) is 120 cm³/mol. The molecule has 11 N–H and O–H groups in total. The highest BCUT2D eigenvalue weighted by Gasteiger charge is 2.32. The summed E-state index contributed by atoms with van der Waals surface area (Å²) < 4.78 is 0. The number of nitrogens with one attached hydrogen (secondary N) is 3. The second-order valence-corrected chi connectivity index (χ2v) is 8.31. The number of carbonyl (C=O) groups is 6. The van der Waals surface area contributed by atoms with Crippen molar-refractivity contribution in [1.29, 1.82) is 0 Å². The van der Waals surface area contributed by atoms with Gasteiger partial charge in [-0.3, -0.25) is 24.0 Å². The van der Waals surface area contributed by atoms with Crippen LogP contribution in [0.2, 0.25) is 0 Å². The molecule has 4 unspecified atom stereocenters. The number of nitrogens with two attached hydrogens (primary N) is 3. The summed E-state index contributed by atoms with van der Waals surface area (Å²) in [6.45, 7) is 3.98. The smallest absolute Gasteiger partial charge is 0.326 e. The molecule has 0 aromatic carbocycles. The number of hydrogen-bond acceptors (Lipinski definition) is 8. The molecular weight excluding hydrogens is 452 g/mol. The number of unbranched alkanes of at least 4 members (excludes halogenated alkanes) is 1. The van der Waals surface area contributed by atoms with Crippen molar-refractivity contribution in [3.8, 4) is 0 Å². The average Bonchev–Trinajstić information content (AvgIpc) is 2.70. The largest absolute Gasteiger partial charge is 0.481 e. The van der Waals surface area contributed by atoms with Crippen molar-refractivity contribution in [2.45, 2.75) is 76.5 Å². The Bertz CT molecular complexity index is 745. The molecule has 4 atom stereocenters. The molecule has 0 saturated heterocycles. The highest BCUT2D eigenvalue weighted by Crippen LogP contribution is 2.06. The minimum absolute atomic E-state index is 0.0418. The fraction of sp³-hybridized carbons (Fsp3) is 0.700. The standard InChI is InChI=1S/C20H36N6O8/c1-10(2)7-11(22)17(30)25-13(8-15(23)27)18(31)26-14(9-16(28)29)19(32)24-12(20(33)34)5-3-4-6-21/h10-14H,3-9,21-22H2,1-2H3,(H2,23,27)(H,24,32)(H,25,30)(H,26,31)(H,28,29)(H,33,34). The number of amides is 4. The van der Waals surface area contributed by atoms with E-state index in [2.05, 4.69) is 16.0 Å². The molecule has 0 rings (SSSR count). The Morgan fingerprint density at radius 2 is 1.29 bits per heavy atom. The highest BCUT2D eigenvalue weighted by atomic mass is 16.4. The molecule has 0 aliphatic carbocycles. The maximum Gasteiger partial charge on any atom is 0.326 e. The zero-order valence-corrected chi connectivity index (χ0v) is 19.4. The Kier molecular flexibility index (Phi) is 14.1. The van der Waals surface area contributed by atoms with E-state index < -0.39 is 72.6 Å². The molecule has 0 spiro atoms. The van der Waals surface area contributed by atoms with Gasteiger partial charge < -0.3 is 43.4 Å². The maximum absolute atomic E-state index is 12.7. The summed E-state index contributed by atoms with van der Waals surface area (Å²) in [5, 5.41) is 25.0. The lowest BCUT2D eigenvalue weighted by molar-refractivity contribution is -0.144. The van der Waals surface area contributed by atoms with Gasteiger partial charge in [0.25, 0.3) is 0 Å². The SMILES string of the molecule is CC(C)CC(N)C(=O)NC(CC(N)=O)C(=O)NC(CC(=O)O)C(=O)NC(CCCCN)C(=O)O. The molecule has 0 heterocycles. The van der Waals surface area contributed by atoms with E-state index in [0.29, 0.717) is 25.8 Å². The number of carbonyl (C=O) groups excluding carboxylic acids is 4. The van der Waals surface area contributed by atoms with Crippen molar-refractivity contribution in [2.75, 3.05) is 6.54 Å². The summed E-state index contributed by atoms with van der Waals surface area (Å²) in [7, 11) is 0. The molecule has 0 aromatic heterocycles. The fourth-order valence-corrected chi connectivity index (χ4v) is 2.98. The van der Waals surface area contributed by atoms with Crippen molar-refractivity contribution in [1.82, 2.24) is 16.0 Å². The van der Waals surface area contributed by atoms with Gasteiger partial charge >= 0.3 is 11.9 Å². The Morgan fingerprint density at radius 3 is 1.74 bits per heavy atom. The summed E-state index contributed by atoms with van der Waals surface area (Å²) in [5.41, 5.74) is 16.3. The lowest BCUT2D eigenvalue weighted by atomic mass is 10.0. The van der Waals surface area contributed by atoms with Gasteiger partial charge in [-0.2, -0.15) is 0 Å². The number of aliphatic carboxylic acids is 2. The van der Waals surface area contributed by atoms with Gasteiger partial charge in [0.05, 0.1) is 18.9 Å². The predicted octanol–water partition coefficient (Wildman–Crippen LogP) is -2.62. The number of carboxylic acid groups (broad SMARTS) is 2. The molecule has 4 amide bonds. The first-order chi connectivity index (χ1) is 15.8. The molecule has 0 bridgehead atoms. The van der Waals surface area contributed by atoms with Crippen LogP contribution in [0, 0.1) is 5.92 Å². The highest BCUT2D eigenvalue weighted by molar-refractivity contribution is 5.97. The first-order valence-electron chi connectivity index (χ1n) is 10.9. The molecule has 0 aliphatic heterocycles. The summed E-state index contributed by atoms with van der Waals surface area (Å²) >= 11 is 0.